The summed E-state index contributed by atoms with van der Waals surface area (Å²) in [6.07, 6.45) is 4.37. The molecule has 1 aromatic carbocycles. The molecule has 1 aliphatic rings. The Balaban J connectivity index is 1.50. The van der Waals surface area contributed by atoms with Crippen molar-refractivity contribution in [3.63, 3.8) is 0 Å². The summed E-state index contributed by atoms with van der Waals surface area (Å²) in [4.78, 5) is 25.0. The minimum absolute atomic E-state index is 0.0112. The molecule has 30 heavy (non-hydrogen) atoms. The molecule has 0 bridgehead atoms. The normalized spacial score (nSPS) is 15.8. The maximum atomic E-state index is 14.6. The summed E-state index contributed by atoms with van der Waals surface area (Å²) >= 11 is 0. The van der Waals surface area contributed by atoms with Crippen LogP contribution in [0.3, 0.4) is 0 Å². The van der Waals surface area contributed by atoms with Gasteiger partial charge in [-0.3, -0.25) is 4.79 Å². The highest BCUT2D eigenvalue weighted by atomic mass is 19.1. The minimum atomic E-state index is -0.579. The fraction of sp³-hybridized carbons (Fsp3) is 0.381. The highest BCUT2D eigenvalue weighted by molar-refractivity contribution is 5.98. The first-order valence-electron chi connectivity index (χ1n) is 9.90. The van der Waals surface area contributed by atoms with Crippen molar-refractivity contribution in [2.45, 2.75) is 39.2 Å². The number of halogens is 1. The van der Waals surface area contributed by atoms with E-state index in [2.05, 4.69) is 32.4 Å². The van der Waals surface area contributed by atoms with Crippen molar-refractivity contribution < 1.29 is 9.18 Å². The van der Waals surface area contributed by atoms with Crippen molar-refractivity contribution in [1.82, 2.24) is 29.9 Å². The summed E-state index contributed by atoms with van der Waals surface area (Å²) in [5.74, 6) is -0.342. The Morgan fingerprint density at radius 2 is 1.73 bits per heavy atom. The summed E-state index contributed by atoms with van der Waals surface area (Å²) in [6, 6.07) is 6.40. The first-order chi connectivity index (χ1) is 14.3. The van der Waals surface area contributed by atoms with Crippen LogP contribution in [0.25, 0.3) is 5.69 Å². The van der Waals surface area contributed by atoms with Gasteiger partial charge in [0.05, 0.1) is 12.4 Å². The van der Waals surface area contributed by atoms with Crippen LogP contribution >= 0.6 is 0 Å². The molecule has 0 radical (unpaired) electrons. The van der Waals surface area contributed by atoms with E-state index in [1.54, 1.807) is 17.0 Å². The average molecular weight is 409 g/mol. The Morgan fingerprint density at radius 1 is 1.10 bits per heavy atom. The molecule has 156 valence electrons. The first kappa shape index (κ1) is 19.9. The van der Waals surface area contributed by atoms with Crippen molar-refractivity contribution >= 4 is 11.9 Å². The lowest BCUT2D eigenvalue weighted by Crippen LogP contribution is -2.49. The summed E-state index contributed by atoms with van der Waals surface area (Å²) < 4.78 is 14.6. The maximum absolute atomic E-state index is 14.6. The zero-order valence-corrected chi connectivity index (χ0v) is 17.3. The molecule has 1 fully saturated rings. The van der Waals surface area contributed by atoms with E-state index in [1.807, 2.05) is 19.9 Å². The van der Waals surface area contributed by atoms with Crippen LogP contribution in [-0.4, -0.2) is 54.4 Å². The molecule has 0 unspecified atom stereocenters. The van der Waals surface area contributed by atoms with Crippen LogP contribution in [0.4, 0.5) is 10.3 Å². The third kappa shape index (κ3) is 4.00. The van der Waals surface area contributed by atoms with Gasteiger partial charge in [-0.25, -0.2) is 14.4 Å². The number of amides is 1. The monoisotopic (exact) mass is 409 g/mol. The molecular formula is C21H24FN7O. The Morgan fingerprint density at radius 3 is 2.37 bits per heavy atom. The Hall–Kier alpha value is -3.36. The number of piperidine rings is 1. The van der Waals surface area contributed by atoms with E-state index < -0.39 is 5.82 Å². The van der Waals surface area contributed by atoms with Gasteiger partial charge in [0, 0.05) is 30.0 Å². The van der Waals surface area contributed by atoms with Crippen molar-refractivity contribution in [1.29, 1.82) is 0 Å². The standard InChI is InChI=1S/C21H24FN7O/c1-14-13-15(2)26-20(25-14)27-21(3)7-11-28(12-8-21)19(30)18-16(22)5-4-6-17(18)29-23-9-10-24-29/h4-6,9-10,13H,7-8,11-12H2,1-3H3,(H,25,26,27). The number of nitrogens with zero attached hydrogens (tertiary/aromatic N) is 6. The topological polar surface area (TPSA) is 88.8 Å². The number of benzene rings is 1. The van der Waals surface area contributed by atoms with E-state index in [1.165, 1.54) is 23.3 Å². The van der Waals surface area contributed by atoms with Crippen LogP contribution in [0, 0.1) is 19.7 Å². The minimum Gasteiger partial charge on any atom is -0.349 e. The second kappa shape index (κ2) is 7.81. The molecule has 2 aromatic heterocycles. The van der Waals surface area contributed by atoms with Crippen LogP contribution in [0.15, 0.2) is 36.7 Å². The van der Waals surface area contributed by atoms with E-state index in [-0.39, 0.29) is 17.0 Å². The van der Waals surface area contributed by atoms with Gasteiger partial charge in [-0.1, -0.05) is 6.07 Å². The molecule has 8 nitrogen and oxygen atoms in total. The number of carbonyl (C=O) groups excluding carboxylic acids is 1. The maximum Gasteiger partial charge on any atom is 0.259 e. The third-order valence-electron chi connectivity index (χ3n) is 5.39. The van der Waals surface area contributed by atoms with Gasteiger partial charge in [-0.05, 0) is 51.8 Å². The number of aryl methyl sites for hydroxylation is 2. The van der Waals surface area contributed by atoms with Crippen LogP contribution in [-0.2, 0) is 0 Å². The molecule has 0 aliphatic carbocycles. The van der Waals surface area contributed by atoms with Crippen molar-refractivity contribution in [2.75, 3.05) is 18.4 Å². The highest BCUT2D eigenvalue weighted by Gasteiger charge is 2.34. The second-order valence-corrected chi connectivity index (χ2v) is 7.90. The Kier molecular flexibility index (Phi) is 5.19. The van der Waals surface area contributed by atoms with Gasteiger partial charge >= 0.3 is 0 Å². The molecule has 1 amide bonds. The van der Waals surface area contributed by atoms with Crippen molar-refractivity contribution in [2.24, 2.45) is 0 Å². The van der Waals surface area contributed by atoms with Crippen LogP contribution < -0.4 is 5.32 Å². The molecule has 1 N–H and O–H groups in total. The van der Waals surface area contributed by atoms with Crippen molar-refractivity contribution in [3.05, 3.63) is 59.4 Å². The van der Waals surface area contributed by atoms with Gasteiger partial charge in [0.2, 0.25) is 5.95 Å². The van der Waals surface area contributed by atoms with Gasteiger partial charge in [0.25, 0.3) is 5.91 Å². The quantitative estimate of drug-likeness (QED) is 0.713. The van der Waals surface area contributed by atoms with E-state index in [9.17, 15) is 9.18 Å². The average Bonchev–Trinajstić information content (AvgIpc) is 3.21. The molecule has 9 heteroatoms. The molecule has 4 rings (SSSR count). The van der Waals surface area contributed by atoms with E-state index >= 15 is 0 Å². The lowest BCUT2D eigenvalue weighted by atomic mass is 9.89. The number of aromatic nitrogens is 5. The van der Waals surface area contributed by atoms with Crippen LogP contribution in [0.2, 0.25) is 0 Å². The lowest BCUT2D eigenvalue weighted by molar-refractivity contribution is 0.0684. The number of hydrogen-bond acceptors (Lipinski definition) is 6. The highest BCUT2D eigenvalue weighted by Crippen LogP contribution is 2.28. The molecule has 0 spiro atoms. The van der Waals surface area contributed by atoms with Gasteiger partial charge in [-0.15, -0.1) is 0 Å². The number of anilines is 1. The number of likely N-dealkylation sites (tertiary alicyclic amines) is 1. The zero-order chi connectivity index (χ0) is 21.3. The van der Waals surface area contributed by atoms with E-state index in [4.69, 9.17) is 0 Å². The molecular weight excluding hydrogens is 385 g/mol. The number of nitrogens with one attached hydrogen (secondary N) is 1. The van der Waals surface area contributed by atoms with Gasteiger partial charge in [0.15, 0.2) is 0 Å². The largest absolute Gasteiger partial charge is 0.349 e. The SMILES string of the molecule is Cc1cc(C)nc(NC2(C)CCN(C(=O)c3c(F)cccc3-n3nccn3)CC2)n1. The van der Waals surface area contributed by atoms with Gasteiger partial charge in [0.1, 0.15) is 17.1 Å². The second-order valence-electron chi connectivity index (χ2n) is 7.90. The van der Waals surface area contributed by atoms with Crippen LogP contribution in [0.1, 0.15) is 41.5 Å². The predicted octanol–water partition coefficient (Wildman–Crippen LogP) is 2.92. The molecule has 1 aliphatic heterocycles. The van der Waals surface area contributed by atoms with E-state index in [0.717, 1.165) is 11.4 Å². The Labute approximate surface area is 174 Å². The summed E-state index contributed by atoms with van der Waals surface area (Å²) in [7, 11) is 0. The number of rotatable bonds is 4. The third-order valence-corrected chi connectivity index (χ3v) is 5.39. The van der Waals surface area contributed by atoms with Gasteiger partial charge in [-0.2, -0.15) is 15.0 Å². The number of hydrogen-bond donors (Lipinski definition) is 1. The summed E-state index contributed by atoms with van der Waals surface area (Å²) in [5.41, 5.74) is 1.88. The Bertz CT molecular complexity index is 1040. The molecule has 0 saturated carbocycles. The molecule has 1 saturated heterocycles. The first-order valence-corrected chi connectivity index (χ1v) is 9.90. The van der Waals surface area contributed by atoms with E-state index in [0.29, 0.717) is 37.6 Å². The molecule has 3 heterocycles. The molecule has 0 atom stereocenters. The smallest absolute Gasteiger partial charge is 0.259 e. The summed E-state index contributed by atoms with van der Waals surface area (Å²) in [6.45, 7) is 6.95. The fourth-order valence-electron chi connectivity index (χ4n) is 3.77. The van der Waals surface area contributed by atoms with Crippen molar-refractivity contribution in [3.8, 4) is 5.69 Å². The summed E-state index contributed by atoms with van der Waals surface area (Å²) in [5, 5.41) is 11.5. The predicted molar refractivity (Wildman–Crippen MR) is 110 cm³/mol. The molecule has 3 aromatic rings. The lowest BCUT2D eigenvalue weighted by Gasteiger charge is -2.40. The van der Waals surface area contributed by atoms with Crippen LogP contribution in [0.5, 0.6) is 0 Å². The van der Waals surface area contributed by atoms with Gasteiger partial charge < -0.3 is 10.2 Å². The zero-order valence-electron chi connectivity index (χ0n) is 17.3. The number of carbonyl (C=O) groups is 1. The fourth-order valence-corrected chi connectivity index (χ4v) is 3.77.